The van der Waals surface area contributed by atoms with Crippen molar-refractivity contribution in [3.8, 4) is 0 Å². The van der Waals surface area contributed by atoms with E-state index >= 15 is 0 Å². The molecule has 0 aliphatic carbocycles. The van der Waals surface area contributed by atoms with Crippen LogP contribution >= 0.6 is 0 Å². The second kappa shape index (κ2) is 5.71. The predicted molar refractivity (Wildman–Crippen MR) is 65.6 cm³/mol. The van der Waals surface area contributed by atoms with Gasteiger partial charge in [0.15, 0.2) is 0 Å². The SMILES string of the molecule is O=S(=O)(O[C@H]1CCCNC1)c1ccc(C(F)(F)F)cc1. The molecule has 0 radical (unpaired) electrons. The monoisotopic (exact) mass is 309 g/mol. The molecule has 1 aromatic rings. The van der Waals surface area contributed by atoms with Crippen LogP contribution in [0.4, 0.5) is 13.2 Å². The van der Waals surface area contributed by atoms with E-state index in [9.17, 15) is 21.6 Å². The van der Waals surface area contributed by atoms with Gasteiger partial charge in [-0.1, -0.05) is 0 Å². The van der Waals surface area contributed by atoms with Crippen LogP contribution in [0.2, 0.25) is 0 Å². The standard InChI is InChI=1S/C12H14F3NO3S/c13-12(14,15)9-3-5-11(6-4-9)20(17,18)19-10-2-1-7-16-8-10/h3-6,10,16H,1-2,7-8H2/t10-/m0/s1. The van der Waals surface area contributed by atoms with Gasteiger partial charge in [0, 0.05) is 6.54 Å². The summed E-state index contributed by atoms with van der Waals surface area (Å²) >= 11 is 0. The summed E-state index contributed by atoms with van der Waals surface area (Å²) in [5.41, 5.74) is -0.893. The van der Waals surface area contributed by atoms with Gasteiger partial charge in [0.2, 0.25) is 0 Å². The van der Waals surface area contributed by atoms with Crippen molar-refractivity contribution < 1.29 is 25.8 Å². The van der Waals surface area contributed by atoms with Gasteiger partial charge in [-0.25, -0.2) is 0 Å². The Morgan fingerprint density at radius 1 is 1.20 bits per heavy atom. The second-order valence-electron chi connectivity index (χ2n) is 4.54. The van der Waals surface area contributed by atoms with Crippen LogP contribution in [0.3, 0.4) is 0 Å². The van der Waals surface area contributed by atoms with E-state index in [4.69, 9.17) is 4.18 Å². The Bertz CT molecular complexity index is 548. The number of nitrogens with one attached hydrogen (secondary N) is 1. The molecule has 0 spiro atoms. The van der Waals surface area contributed by atoms with Crippen molar-refractivity contribution in [2.75, 3.05) is 13.1 Å². The van der Waals surface area contributed by atoms with E-state index in [-0.39, 0.29) is 4.90 Å². The van der Waals surface area contributed by atoms with Crippen molar-refractivity contribution in [2.24, 2.45) is 0 Å². The largest absolute Gasteiger partial charge is 0.416 e. The number of hydrogen-bond acceptors (Lipinski definition) is 4. The van der Waals surface area contributed by atoms with E-state index in [0.717, 1.165) is 37.2 Å². The highest BCUT2D eigenvalue weighted by atomic mass is 32.2. The van der Waals surface area contributed by atoms with E-state index in [0.29, 0.717) is 13.0 Å². The molecule has 8 heteroatoms. The molecule has 1 heterocycles. The number of halogens is 3. The molecule has 0 amide bonds. The highest BCUT2D eigenvalue weighted by Crippen LogP contribution is 2.30. The van der Waals surface area contributed by atoms with Gasteiger partial charge in [0.25, 0.3) is 10.1 Å². The predicted octanol–water partition coefficient (Wildman–Crippen LogP) is 2.16. The summed E-state index contributed by atoms with van der Waals surface area (Å²) in [6.45, 7) is 1.22. The Labute approximate surface area is 115 Å². The molecular formula is C12H14F3NO3S. The summed E-state index contributed by atoms with van der Waals surface area (Å²) in [4.78, 5) is -0.268. The molecule has 0 bridgehead atoms. The van der Waals surface area contributed by atoms with Crippen molar-refractivity contribution in [3.05, 3.63) is 29.8 Å². The number of piperidine rings is 1. The van der Waals surface area contributed by atoms with E-state index in [2.05, 4.69) is 5.32 Å². The molecule has 20 heavy (non-hydrogen) atoms. The maximum Gasteiger partial charge on any atom is 0.416 e. The van der Waals surface area contributed by atoms with Gasteiger partial charge in [-0.3, -0.25) is 4.18 Å². The number of rotatable bonds is 3. The van der Waals surface area contributed by atoms with Crippen molar-refractivity contribution >= 4 is 10.1 Å². The van der Waals surface area contributed by atoms with Gasteiger partial charge in [0.1, 0.15) is 0 Å². The fourth-order valence-corrected chi connectivity index (χ4v) is 3.05. The maximum atomic E-state index is 12.4. The van der Waals surface area contributed by atoms with E-state index in [1.54, 1.807) is 0 Å². The molecule has 1 aromatic carbocycles. The highest BCUT2D eigenvalue weighted by molar-refractivity contribution is 7.86. The lowest BCUT2D eigenvalue weighted by atomic mass is 10.1. The Balaban J connectivity index is 2.13. The lowest BCUT2D eigenvalue weighted by molar-refractivity contribution is -0.137. The lowest BCUT2D eigenvalue weighted by Gasteiger charge is -2.22. The van der Waals surface area contributed by atoms with Crippen molar-refractivity contribution in [1.29, 1.82) is 0 Å². The first kappa shape index (κ1) is 15.3. The highest BCUT2D eigenvalue weighted by Gasteiger charge is 2.31. The van der Waals surface area contributed by atoms with Gasteiger partial charge in [-0.05, 0) is 43.7 Å². The summed E-state index contributed by atoms with van der Waals surface area (Å²) in [6, 6.07) is 3.29. The average molecular weight is 309 g/mol. The molecule has 0 saturated carbocycles. The van der Waals surface area contributed by atoms with Gasteiger partial charge < -0.3 is 5.32 Å². The smallest absolute Gasteiger partial charge is 0.314 e. The summed E-state index contributed by atoms with van der Waals surface area (Å²) in [5, 5.41) is 3.00. The quantitative estimate of drug-likeness (QED) is 0.869. The van der Waals surface area contributed by atoms with Crippen LogP contribution in [-0.4, -0.2) is 27.6 Å². The minimum Gasteiger partial charge on any atom is -0.314 e. The Morgan fingerprint density at radius 3 is 2.35 bits per heavy atom. The fraction of sp³-hybridized carbons (Fsp3) is 0.500. The Kier molecular flexibility index (Phi) is 4.36. The fourth-order valence-electron chi connectivity index (χ4n) is 1.95. The van der Waals surface area contributed by atoms with Crippen LogP contribution in [-0.2, 0) is 20.5 Å². The number of hydrogen-bond donors (Lipinski definition) is 1. The van der Waals surface area contributed by atoms with E-state index < -0.39 is 28.0 Å². The molecule has 112 valence electrons. The zero-order chi connectivity index (χ0) is 14.8. The first-order valence-corrected chi connectivity index (χ1v) is 7.51. The first-order valence-electron chi connectivity index (χ1n) is 6.10. The topological polar surface area (TPSA) is 55.4 Å². The van der Waals surface area contributed by atoms with E-state index in [1.165, 1.54) is 0 Å². The Hall–Kier alpha value is -1.12. The molecule has 0 aromatic heterocycles. The summed E-state index contributed by atoms with van der Waals surface area (Å²) in [6.07, 6.45) is -3.56. The molecule has 0 unspecified atom stereocenters. The maximum absolute atomic E-state index is 12.4. The van der Waals surface area contributed by atoms with Gasteiger partial charge in [-0.2, -0.15) is 21.6 Å². The number of alkyl halides is 3. The molecule has 2 rings (SSSR count). The minimum atomic E-state index is -4.49. The third-order valence-electron chi connectivity index (χ3n) is 2.98. The van der Waals surface area contributed by atoms with Crippen LogP contribution in [0, 0.1) is 0 Å². The molecule has 1 N–H and O–H groups in total. The summed E-state index contributed by atoms with van der Waals surface area (Å²) < 4.78 is 66.1. The third kappa shape index (κ3) is 3.71. The van der Waals surface area contributed by atoms with Crippen molar-refractivity contribution in [3.63, 3.8) is 0 Å². The summed E-state index contributed by atoms with van der Waals surface area (Å²) in [7, 11) is -4.03. The van der Waals surface area contributed by atoms with Gasteiger partial charge in [-0.15, -0.1) is 0 Å². The zero-order valence-corrected chi connectivity index (χ0v) is 11.3. The van der Waals surface area contributed by atoms with Crippen LogP contribution in [0.25, 0.3) is 0 Å². The molecule has 1 aliphatic rings. The molecule has 1 atom stereocenters. The molecular weight excluding hydrogens is 295 g/mol. The van der Waals surface area contributed by atoms with Crippen LogP contribution in [0.5, 0.6) is 0 Å². The summed E-state index contributed by atoms with van der Waals surface area (Å²) in [5.74, 6) is 0. The van der Waals surface area contributed by atoms with Gasteiger partial charge in [0.05, 0.1) is 16.6 Å². The van der Waals surface area contributed by atoms with Crippen molar-refractivity contribution in [1.82, 2.24) is 5.32 Å². The molecule has 1 aliphatic heterocycles. The average Bonchev–Trinajstić information content (AvgIpc) is 2.38. The normalized spacial score (nSPS) is 20.9. The van der Waals surface area contributed by atoms with Crippen LogP contribution < -0.4 is 5.32 Å². The van der Waals surface area contributed by atoms with Crippen LogP contribution in [0.15, 0.2) is 29.2 Å². The lowest BCUT2D eigenvalue weighted by Crippen LogP contribution is -2.36. The zero-order valence-electron chi connectivity index (χ0n) is 10.5. The Morgan fingerprint density at radius 2 is 1.85 bits per heavy atom. The second-order valence-corrected chi connectivity index (χ2v) is 6.11. The number of benzene rings is 1. The van der Waals surface area contributed by atoms with E-state index in [1.807, 2.05) is 0 Å². The van der Waals surface area contributed by atoms with Crippen LogP contribution in [0.1, 0.15) is 18.4 Å². The van der Waals surface area contributed by atoms with Crippen molar-refractivity contribution in [2.45, 2.75) is 30.0 Å². The first-order chi connectivity index (χ1) is 9.29. The molecule has 1 saturated heterocycles. The van der Waals surface area contributed by atoms with Gasteiger partial charge >= 0.3 is 6.18 Å². The third-order valence-corrected chi connectivity index (χ3v) is 4.36. The minimum absolute atomic E-state index is 0.268. The molecule has 4 nitrogen and oxygen atoms in total. The molecule has 1 fully saturated rings.